The van der Waals surface area contributed by atoms with Crippen LogP contribution >= 0.6 is 0 Å². The average molecular weight is 851 g/mol. The predicted molar refractivity (Wildman–Crippen MR) is 221 cm³/mol. The van der Waals surface area contributed by atoms with Crippen LogP contribution < -0.4 is 9.80 Å². The van der Waals surface area contributed by atoms with E-state index >= 15 is 0 Å². The number of H-pyrrole nitrogens is 2. The number of nitrogens with zero attached hydrogens (tertiary/aromatic N) is 8. The second kappa shape index (κ2) is 16.9. The van der Waals surface area contributed by atoms with E-state index in [1.807, 2.05) is 23.1 Å². The molecule has 0 amide bonds. The van der Waals surface area contributed by atoms with E-state index < -0.39 is 23.5 Å². The molecule has 2 fully saturated rings. The fraction of sp³-hybridized carbons (Fsp3) is 0.227. The van der Waals surface area contributed by atoms with Gasteiger partial charge in [0.05, 0.1) is 48.9 Å². The molecular formula is C44H36F6N10O2. The molecule has 0 bridgehead atoms. The van der Waals surface area contributed by atoms with Crippen LogP contribution in [-0.2, 0) is 21.8 Å². The van der Waals surface area contributed by atoms with Gasteiger partial charge in [0.25, 0.3) is 0 Å². The number of nitrogens with one attached hydrogen (secondary N) is 2. The van der Waals surface area contributed by atoms with Gasteiger partial charge in [-0.05, 0) is 76.9 Å². The number of anilines is 2. The highest BCUT2D eigenvalue weighted by Crippen LogP contribution is 2.42. The molecule has 62 heavy (non-hydrogen) atoms. The molecule has 0 unspecified atom stereocenters. The van der Waals surface area contributed by atoms with E-state index in [2.05, 4.69) is 35.3 Å². The van der Waals surface area contributed by atoms with Gasteiger partial charge in [-0.1, -0.05) is 30.3 Å². The van der Waals surface area contributed by atoms with Crippen LogP contribution in [0.3, 0.4) is 0 Å². The van der Waals surface area contributed by atoms with Gasteiger partial charge >= 0.3 is 12.4 Å². The van der Waals surface area contributed by atoms with Crippen LogP contribution in [0.4, 0.5) is 38.0 Å². The summed E-state index contributed by atoms with van der Waals surface area (Å²) in [6.07, 6.45) is -2.38. The average Bonchev–Trinajstić information content (AvgIpc) is 4.05. The SMILES string of the molecule is FC(F)(F)c1ccc(-c2cc(N3CCOCC3)nc3c(-c4ccn[nH]4)nccc23)cc1.FC(F)(F)c1ccccc1-c1cc(N2CCOCC2)nc2c(-c3ccn[nH]3)nccc12. The summed E-state index contributed by atoms with van der Waals surface area (Å²) in [7, 11) is 0. The van der Waals surface area contributed by atoms with Gasteiger partial charge in [0.2, 0.25) is 0 Å². The number of rotatable bonds is 6. The number of alkyl halides is 6. The number of halogens is 6. The molecule has 316 valence electrons. The monoisotopic (exact) mass is 850 g/mol. The van der Waals surface area contributed by atoms with E-state index in [1.54, 1.807) is 49.1 Å². The Labute approximate surface area is 349 Å². The number of hydrogen-bond acceptors (Lipinski definition) is 10. The van der Waals surface area contributed by atoms with Crippen molar-refractivity contribution in [1.82, 2.24) is 40.3 Å². The molecular weight excluding hydrogens is 815 g/mol. The van der Waals surface area contributed by atoms with Gasteiger partial charge in [0.15, 0.2) is 0 Å². The Bertz CT molecular complexity index is 2800. The molecule has 0 radical (unpaired) electrons. The summed E-state index contributed by atoms with van der Waals surface area (Å²) in [5.74, 6) is 1.33. The molecule has 0 aliphatic carbocycles. The minimum atomic E-state index is -4.48. The molecule has 0 saturated carbocycles. The third kappa shape index (κ3) is 8.25. The van der Waals surface area contributed by atoms with Gasteiger partial charge in [0.1, 0.15) is 34.1 Å². The molecule has 6 aromatic heterocycles. The van der Waals surface area contributed by atoms with Crippen LogP contribution in [0.1, 0.15) is 11.1 Å². The van der Waals surface area contributed by atoms with Gasteiger partial charge < -0.3 is 19.3 Å². The van der Waals surface area contributed by atoms with Crippen LogP contribution in [-0.4, -0.2) is 92.9 Å². The smallest absolute Gasteiger partial charge is 0.378 e. The molecule has 2 aliphatic rings. The predicted octanol–water partition coefficient (Wildman–Crippen LogP) is 9.08. The van der Waals surface area contributed by atoms with E-state index in [-0.39, 0.29) is 5.56 Å². The molecule has 2 aromatic carbocycles. The first kappa shape index (κ1) is 40.5. The minimum Gasteiger partial charge on any atom is -0.378 e. The molecule has 8 heterocycles. The van der Waals surface area contributed by atoms with Crippen LogP contribution in [0.2, 0.25) is 0 Å². The zero-order valence-corrected chi connectivity index (χ0v) is 32.7. The van der Waals surface area contributed by atoms with Gasteiger partial charge in [-0.3, -0.25) is 20.2 Å². The van der Waals surface area contributed by atoms with Gasteiger partial charge in [0, 0.05) is 61.7 Å². The topological polar surface area (TPSA) is 134 Å². The van der Waals surface area contributed by atoms with Crippen molar-refractivity contribution in [2.24, 2.45) is 0 Å². The summed E-state index contributed by atoms with van der Waals surface area (Å²) in [4.78, 5) is 22.8. The van der Waals surface area contributed by atoms with Crippen molar-refractivity contribution >= 4 is 33.4 Å². The third-order valence-electron chi connectivity index (χ3n) is 10.7. The second-order valence-corrected chi connectivity index (χ2v) is 14.4. The first-order valence-corrected chi connectivity index (χ1v) is 19.6. The fourth-order valence-electron chi connectivity index (χ4n) is 7.62. The third-order valence-corrected chi connectivity index (χ3v) is 10.7. The summed E-state index contributed by atoms with van der Waals surface area (Å²) in [5, 5.41) is 15.2. The largest absolute Gasteiger partial charge is 0.417 e. The molecule has 10 rings (SSSR count). The van der Waals surface area contributed by atoms with Crippen LogP contribution in [0.5, 0.6) is 0 Å². The summed E-state index contributed by atoms with van der Waals surface area (Å²) in [6, 6.07) is 21.6. The number of hydrogen-bond donors (Lipinski definition) is 2. The van der Waals surface area contributed by atoms with Crippen LogP contribution in [0.25, 0.3) is 66.8 Å². The Morgan fingerprint density at radius 2 is 1.02 bits per heavy atom. The fourth-order valence-corrected chi connectivity index (χ4v) is 7.62. The van der Waals surface area contributed by atoms with Crippen molar-refractivity contribution in [3.63, 3.8) is 0 Å². The Kier molecular flexibility index (Phi) is 11.0. The van der Waals surface area contributed by atoms with Crippen molar-refractivity contribution in [2.75, 3.05) is 62.4 Å². The maximum Gasteiger partial charge on any atom is 0.417 e. The van der Waals surface area contributed by atoms with Crippen molar-refractivity contribution in [3.8, 4) is 45.0 Å². The Morgan fingerprint density at radius 1 is 0.516 bits per heavy atom. The zero-order valence-electron chi connectivity index (χ0n) is 32.7. The standard InChI is InChI=1S/2C22H18F3N5O/c23-22(24,25)15-3-1-14(2-4-15)17-13-19(30-9-11-31-12-10-30)28-20-16(17)5-7-26-21(20)18-6-8-27-29-18;23-22(24,25)17-4-2-1-3-14(17)16-13-19(30-9-11-31-12-10-30)28-20-15(16)5-7-26-21(20)18-6-8-27-29-18/h2*1-8,13H,9-12H2,(H,27,29). The Balaban J connectivity index is 0.000000158. The zero-order chi connectivity index (χ0) is 42.8. The van der Waals surface area contributed by atoms with Crippen molar-refractivity contribution in [2.45, 2.75) is 12.4 Å². The lowest BCUT2D eigenvalue weighted by atomic mass is 9.95. The number of aromatic amines is 2. The Morgan fingerprint density at radius 3 is 1.50 bits per heavy atom. The summed E-state index contributed by atoms with van der Waals surface area (Å²) in [6.45, 7) is 4.85. The highest BCUT2D eigenvalue weighted by Gasteiger charge is 2.34. The van der Waals surface area contributed by atoms with Gasteiger partial charge in [-0.25, -0.2) is 9.97 Å². The maximum absolute atomic E-state index is 13.8. The number of pyridine rings is 4. The minimum absolute atomic E-state index is 0.110. The molecule has 8 aromatic rings. The van der Waals surface area contributed by atoms with Crippen LogP contribution in [0, 0.1) is 0 Å². The highest BCUT2D eigenvalue weighted by atomic mass is 19.4. The van der Waals surface area contributed by atoms with Crippen molar-refractivity contribution in [3.05, 3.63) is 121 Å². The second-order valence-electron chi connectivity index (χ2n) is 14.4. The van der Waals surface area contributed by atoms with Crippen LogP contribution in [0.15, 0.2) is 110 Å². The van der Waals surface area contributed by atoms with E-state index in [0.717, 1.165) is 40.7 Å². The Hall–Kier alpha value is -6.92. The van der Waals surface area contributed by atoms with E-state index in [9.17, 15) is 26.3 Å². The summed E-state index contributed by atoms with van der Waals surface area (Å²) in [5.41, 5.74) is 4.39. The van der Waals surface area contributed by atoms with E-state index in [4.69, 9.17) is 19.4 Å². The van der Waals surface area contributed by atoms with E-state index in [0.29, 0.717) is 103 Å². The van der Waals surface area contributed by atoms with E-state index in [1.165, 1.54) is 24.3 Å². The number of aromatic nitrogens is 8. The molecule has 2 saturated heterocycles. The number of morpholine rings is 2. The highest BCUT2D eigenvalue weighted by molar-refractivity contribution is 6.03. The lowest BCUT2D eigenvalue weighted by Gasteiger charge is -2.29. The van der Waals surface area contributed by atoms with Gasteiger partial charge in [-0.15, -0.1) is 0 Å². The van der Waals surface area contributed by atoms with Crippen molar-refractivity contribution in [1.29, 1.82) is 0 Å². The number of fused-ring (bicyclic) bond motifs is 2. The molecule has 18 heteroatoms. The maximum atomic E-state index is 13.8. The first-order valence-electron chi connectivity index (χ1n) is 19.6. The van der Waals surface area contributed by atoms with Crippen molar-refractivity contribution < 1.29 is 35.8 Å². The number of benzene rings is 2. The lowest BCUT2D eigenvalue weighted by molar-refractivity contribution is -0.138. The number of ether oxygens (including phenoxy) is 2. The molecule has 2 N–H and O–H groups in total. The van der Waals surface area contributed by atoms with Gasteiger partial charge in [-0.2, -0.15) is 36.5 Å². The normalized spacial score (nSPS) is 14.9. The lowest BCUT2D eigenvalue weighted by Crippen LogP contribution is -2.36. The summed E-state index contributed by atoms with van der Waals surface area (Å²) < 4.78 is 91.5. The molecule has 2 aliphatic heterocycles. The molecule has 0 spiro atoms. The first-order chi connectivity index (χ1) is 30.0. The molecule has 12 nitrogen and oxygen atoms in total. The quantitative estimate of drug-likeness (QED) is 0.156. The molecule has 0 atom stereocenters. The summed E-state index contributed by atoms with van der Waals surface area (Å²) >= 11 is 0.